The van der Waals surface area contributed by atoms with Crippen LogP contribution >= 0.6 is 15.9 Å². The van der Waals surface area contributed by atoms with Crippen molar-refractivity contribution in [3.8, 4) is 0 Å². The van der Waals surface area contributed by atoms with Crippen molar-refractivity contribution >= 4 is 26.0 Å². The van der Waals surface area contributed by atoms with Crippen LogP contribution < -0.4 is 10.5 Å². The Morgan fingerprint density at radius 2 is 2.00 bits per heavy atom. The molecular weight excluding hydrogens is 316 g/mol. The molecule has 4 nitrogen and oxygen atoms in total. The van der Waals surface area contributed by atoms with Crippen molar-refractivity contribution < 1.29 is 8.42 Å². The molecule has 0 aliphatic carbocycles. The molecule has 0 fully saturated rings. The molecule has 102 valence electrons. The van der Waals surface area contributed by atoms with Gasteiger partial charge in [0.2, 0.25) is 10.0 Å². The Labute approximate surface area is 117 Å². The third kappa shape index (κ3) is 4.05. The molecule has 0 aliphatic rings. The van der Waals surface area contributed by atoms with E-state index in [1.54, 1.807) is 18.2 Å². The fourth-order valence-electron chi connectivity index (χ4n) is 1.34. The van der Waals surface area contributed by atoms with Crippen molar-refractivity contribution in [2.24, 2.45) is 11.7 Å². The van der Waals surface area contributed by atoms with Gasteiger partial charge in [0, 0.05) is 17.1 Å². The highest BCUT2D eigenvalue weighted by atomic mass is 79.9. The van der Waals surface area contributed by atoms with Crippen LogP contribution in [-0.4, -0.2) is 21.0 Å². The molecule has 0 aromatic heterocycles. The van der Waals surface area contributed by atoms with Crippen LogP contribution in [0.3, 0.4) is 0 Å². The summed E-state index contributed by atoms with van der Waals surface area (Å²) in [5.41, 5.74) is 6.82. The molecule has 0 saturated heterocycles. The normalized spacial score (nSPS) is 13.9. The summed E-state index contributed by atoms with van der Waals surface area (Å²) in [6, 6.07) is 4.94. The monoisotopic (exact) mass is 334 g/mol. The summed E-state index contributed by atoms with van der Waals surface area (Å²) in [6.45, 7) is 6.06. The number of hydrogen-bond donors (Lipinski definition) is 2. The standard InChI is InChI=1S/C12H19BrN2O2S/c1-8(2)11(14)7-15-18(16,17)12-5-4-9(3)6-10(12)13/h4-6,8,11,15H,7,14H2,1-3H3. The zero-order chi connectivity index (χ0) is 13.9. The first-order valence-electron chi connectivity index (χ1n) is 5.75. The maximum atomic E-state index is 12.1. The quantitative estimate of drug-likeness (QED) is 0.865. The number of rotatable bonds is 5. The number of nitrogens with one attached hydrogen (secondary N) is 1. The summed E-state index contributed by atoms with van der Waals surface area (Å²) in [7, 11) is -3.51. The lowest BCUT2D eigenvalue weighted by molar-refractivity contribution is 0.481. The molecule has 0 amide bonds. The van der Waals surface area contributed by atoms with E-state index in [1.807, 2.05) is 20.8 Å². The van der Waals surface area contributed by atoms with Crippen LogP contribution in [0.25, 0.3) is 0 Å². The Morgan fingerprint density at radius 3 is 2.50 bits per heavy atom. The fourth-order valence-corrected chi connectivity index (χ4v) is 3.61. The van der Waals surface area contributed by atoms with Crippen LogP contribution in [-0.2, 0) is 10.0 Å². The number of halogens is 1. The SMILES string of the molecule is Cc1ccc(S(=O)(=O)NCC(N)C(C)C)c(Br)c1. The second-order valence-corrected chi connectivity index (χ2v) is 7.28. The van der Waals surface area contributed by atoms with Gasteiger partial charge in [0.05, 0.1) is 4.90 Å². The summed E-state index contributed by atoms with van der Waals surface area (Å²) < 4.78 is 27.3. The molecule has 1 aromatic carbocycles. The predicted molar refractivity (Wildman–Crippen MR) is 76.9 cm³/mol. The molecule has 1 atom stereocenters. The van der Waals surface area contributed by atoms with Crippen molar-refractivity contribution in [1.29, 1.82) is 0 Å². The molecule has 1 unspecified atom stereocenters. The molecule has 0 heterocycles. The summed E-state index contributed by atoms with van der Waals surface area (Å²) >= 11 is 3.27. The third-order valence-corrected chi connectivity index (χ3v) is 5.14. The van der Waals surface area contributed by atoms with E-state index in [4.69, 9.17) is 5.73 Å². The van der Waals surface area contributed by atoms with Gasteiger partial charge in [-0.25, -0.2) is 13.1 Å². The maximum absolute atomic E-state index is 12.1. The lowest BCUT2D eigenvalue weighted by Gasteiger charge is -2.16. The lowest BCUT2D eigenvalue weighted by atomic mass is 10.1. The summed E-state index contributed by atoms with van der Waals surface area (Å²) in [5.74, 6) is 0.231. The minimum absolute atomic E-state index is 0.191. The first kappa shape index (κ1) is 15.6. The van der Waals surface area contributed by atoms with Gasteiger partial charge in [-0.2, -0.15) is 0 Å². The molecule has 0 radical (unpaired) electrons. The summed E-state index contributed by atoms with van der Waals surface area (Å²) in [6.07, 6.45) is 0. The van der Waals surface area contributed by atoms with Crippen LogP contribution in [0.5, 0.6) is 0 Å². The molecule has 0 saturated carbocycles. The summed E-state index contributed by atoms with van der Waals surface area (Å²) in [4.78, 5) is 0.240. The zero-order valence-corrected chi connectivity index (χ0v) is 13.2. The Bertz CT molecular complexity index is 515. The van der Waals surface area contributed by atoms with Crippen LogP contribution in [0.2, 0.25) is 0 Å². The number of aryl methyl sites for hydroxylation is 1. The van der Waals surface area contributed by atoms with E-state index in [2.05, 4.69) is 20.7 Å². The van der Waals surface area contributed by atoms with Crippen molar-refractivity contribution in [2.75, 3.05) is 6.54 Å². The van der Waals surface area contributed by atoms with Crippen molar-refractivity contribution in [2.45, 2.75) is 31.7 Å². The van der Waals surface area contributed by atoms with Crippen LogP contribution in [0.1, 0.15) is 19.4 Å². The van der Waals surface area contributed by atoms with E-state index in [0.29, 0.717) is 4.47 Å². The summed E-state index contributed by atoms with van der Waals surface area (Å²) in [5, 5.41) is 0. The lowest BCUT2D eigenvalue weighted by Crippen LogP contribution is -2.40. The van der Waals surface area contributed by atoms with E-state index in [-0.39, 0.29) is 23.4 Å². The van der Waals surface area contributed by atoms with Gasteiger partial charge in [0.15, 0.2) is 0 Å². The van der Waals surface area contributed by atoms with Crippen LogP contribution in [0.4, 0.5) is 0 Å². The van der Waals surface area contributed by atoms with Gasteiger partial charge < -0.3 is 5.73 Å². The maximum Gasteiger partial charge on any atom is 0.241 e. The van der Waals surface area contributed by atoms with E-state index < -0.39 is 10.0 Å². The molecule has 3 N–H and O–H groups in total. The average molecular weight is 335 g/mol. The van der Waals surface area contributed by atoms with E-state index in [1.165, 1.54) is 0 Å². The van der Waals surface area contributed by atoms with Crippen LogP contribution in [0, 0.1) is 12.8 Å². The molecular formula is C12H19BrN2O2S. The Kier molecular flexibility index (Phi) is 5.33. The van der Waals surface area contributed by atoms with Gasteiger partial charge in [0.25, 0.3) is 0 Å². The third-order valence-electron chi connectivity index (χ3n) is 2.74. The fraction of sp³-hybridized carbons (Fsp3) is 0.500. The molecule has 1 aromatic rings. The minimum Gasteiger partial charge on any atom is -0.326 e. The van der Waals surface area contributed by atoms with E-state index >= 15 is 0 Å². The van der Waals surface area contributed by atoms with Crippen molar-refractivity contribution in [3.05, 3.63) is 28.2 Å². The number of sulfonamides is 1. The molecule has 6 heteroatoms. The molecule has 0 aliphatic heterocycles. The number of hydrogen-bond acceptors (Lipinski definition) is 3. The van der Waals surface area contributed by atoms with E-state index in [0.717, 1.165) is 5.56 Å². The highest BCUT2D eigenvalue weighted by Crippen LogP contribution is 2.22. The molecule has 18 heavy (non-hydrogen) atoms. The van der Waals surface area contributed by atoms with Crippen molar-refractivity contribution in [1.82, 2.24) is 4.72 Å². The van der Waals surface area contributed by atoms with Crippen molar-refractivity contribution in [3.63, 3.8) is 0 Å². The first-order chi connectivity index (χ1) is 8.24. The Hall–Kier alpha value is -0.430. The van der Waals surface area contributed by atoms with Gasteiger partial charge in [-0.3, -0.25) is 0 Å². The molecule has 1 rings (SSSR count). The average Bonchev–Trinajstić information content (AvgIpc) is 2.25. The van der Waals surface area contributed by atoms with Gasteiger partial charge in [-0.1, -0.05) is 19.9 Å². The van der Waals surface area contributed by atoms with Gasteiger partial charge in [-0.05, 0) is 46.5 Å². The zero-order valence-electron chi connectivity index (χ0n) is 10.8. The van der Waals surface area contributed by atoms with Gasteiger partial charge >= 0.3 is 0 Å². The predicted octanol–water partition coefficient (Wildman–Crippen LogP) is 2.02. The Morgan fingerprint density at radius 1 is 1.39 bits per heavy atom. The second kappa shape index (κ2) is 6.14. The second-order valence-electron chi connectivity index (χ2n) is 4.69. The highest BCUT2D eigenvalue weighted by molar-refractivity contribution is 9.10. The van der Waals surface area contributed by atoms with Gasteiger partial charge in [0.1, 0.15) is 0 Å². The van der Waals surface area contributed by atoms with Crippen LogP contribution in [0.15, 0.2) is 27.6 Å². The highest BCUT2D eigenvalue weighted by Gasteiger charge is 2.19. The smallest absolute Gasteiger partial charge is 0.241 e. The first-order valence-corrected chi connectivity index (χ1v) is 8.03. The number of nitrogens with two attached hydrogens (primary N) is 1. The molecule has 0 spiro atoms. The Balaban J connectivity index is 2.87. The number of benzene rings is 1. The topological polar surface area (TPSA) is 72.2 Å². The van der Waals surface area contributed by atoms with E-state index in [9.17, 15) is 8.42 Å². The largest absolute Gasteiger partial charge is 0.326 e. The molecule has 0 bridgehead atoms. The minimum atomic E-state index is -3.51. The van der Waals surface area contributed by atoms with Gasteiger partial charge in [-0.15, -0.1) is 0 Å².